The molecule has 1 amide bonds. The van der Waals surface area contributed by atoms with Gasteiger partial charge in [-0.05, 0) is 26.8 Å². The van der Waals surface area contributed by atoms with Crippen LogP contribution in [0.2, 0.25) is 0 Å². The number of nitrogens with zero attached hydrogens (tertiary/aromatic N) is 2. The van der Waals surface area contributed by atoms with Gasteiger partial charge in [0.15, 0.2) is 0 Å². The number of aromatic nitrogens is 1. The SMILES string of the molecule is CCNc1cnccc1C(=O)N(CC(F)(F)F)C(C)C. The summed E-state index contributed by atoms with van der Waals surface area (Å²) in [7, 11) is 0. The Balaban J connectivity index is 3.07. The predicted octanol–water partition coefficient (Wildman–Crippen LogP) is 2.93. The van der Waals surface area contributed by atoms with Crippen LogP contribution in [0.5, 0.6) is 0 Å². The molecule has 0 saturated carbocycles. The van der Waals surface area contributed by atoms with Crippen molar-refractivity contribution in [2.24, 2.45) is 0 Å². The number of carbonyl (C=O) groups excluding carboxylic acids is 1. The van der Waals surface area contributed by atoms with E-state index in [9.17, 15) is 18.0 Å². The molecule has 0 bridgehead atoms. The topological polar surface area (TPSA) is 45.2 Å². The van der Waals surface area contributed by atoms with Crippen LogP contribution < -0.4 is 5.32 Å². The number of hydrogen-bond donors (Lipinski definition) is 1. The highest BCUT2D eigenvalue weighted by Crippen LogP contribution is 2.22. The van der Waals surface area contributed by atoms with Gasteiger partial charge in [0.05, 0.1) is 17.4 Å². The van der Waals surface area contributed by atoms with Crippen molar-refractivity contribution in [1.82, 2.24) is 9.88 Å². The Bertz CT molecular complexity index is 460. The maximum Gasteiger partial charge on any atom is 0.406 e. The summed E-state index contributed by atoms with van der Waals surface area (Å²) in [6, 6.07) is 0.873. The molecule has 1 N–H and O–H groups in total. The first-order valence-electron chi connectivity index (χ1n) is 6.32. The van der Waals surface area contributed by atoms with Crippen molar-refractivity contribution in [1.29, 1.82) is 0 Å². The molecular weight excluding hydrogens is 271 g/mol. The molecule has 0 unspecified atom stereocenters. The van der Waals surface area contributed by atoms with E-state index in [0.717, 1.165) is 4.90 Å². The summed E-state index contributed by atoms with van der Waals surface area (Å²) in [6.45, 7) is 4.22. The molecule has 0 spiro atoms. The van der Waals surface area contributed by atoms with Gasteiger partial charge in [0.2, 0.25) is 0 Å². The van der Waals surface area contributed by atoms with Gasteiger partial charge < -0.3 is 10.2 Å². The molecule has 4 nitrogen and oxygen atoms in total. The van der Waals surface area contributed by atoms with E-state index in [1.54, 1.807) is 13.8 Å². The molecule has 0 fully saturated rings. The number of amides is 1. The molecule has 0 aromatic carbocycles. The summed E-state index contributed by atoms with van der Waals surface area (Å²) in [5.74, 6) is -0.657. The average Bonchev–Trinajstić information content (AvgIpc) is 2.35. The first-order valence-corrected chi connectivity index (χ1v) is 6.32. The van der Waals surface area contributed by atoms with Crippen LogP contribution in [0, 0.1) is 0 Å². The Morgan fingerprint density at radius 3 is 2.60 bits per heavy atom. The third kappa shape index (κ3) is 4.40. The molecule has 1 rings (SSSR count). The van der Waals surface area contributed by atoms with Crippen molar-refractivity contribution in [3.63, 3.8) is 0 Å². The third-order valence-corrected chi connectivity index (χ3v) is 2.65. The smallest absolute Gasteiger partial charge is 0.383 e. The first kappa shape index (κ1) is 16.3. The number of pyridine rings is 1. The number of alkyl halides is 3. The molecule has 0 radical (unpaired) electrons. The van der Waals surface area contributed by atoms with Crippen molar-refractivity contribution in [2.75, 3.05) is 18.4 Å². The fraction of sp³-hybridized carbons (Fsp3) is 0.538. The van der Waals surface area contributed by atoms with Crippen LogP contribution in [-0.2, 0) is 0 Å². The van der Waals surface area contributed by atoms with Gasteiger partial charge in [0.25, 0.3) is 5.91 Å². The van der Waals surface area contributed by atoms with Crippen molar-refractivity contribution < 1.29 is 18.0 Å². The highest BCUT2D eigenvalue weighted by molar-refractivity contribution is 5.99. The van der Waals surface area contributed by atoms with Gasteiger partial charge in [-0.15, -0.1) is 0 Å². The summed E-state index contributed by atoms with van der Waals surface area (Å²) < 4.78 is 37.7. The van der Waals surface area contributed by atoms with E-state index in [2.05, 4.69) is 10.3 Å². The predicted molar refractivity (Wildman–Crippen MR) is 70.6 cm³/mol. The standard InChI is InChI=1S/C13H18F3N3O/c1-4-18-11-7-17-6-5-10(11)12(20)19(9(2)3)8-13(14,15)16/h5-7,9,18H,4,8H2,1-3H3. The van der Waals surface area contributed by atoms with Crippen LogP contribution in [0.15, 0.2) is 18.5 Å². The van der Waals surface area contributed by atoms with Crippen molar-refractivity contribution in [2.45, 2.75) is 33.0 Å². The van der Waals surface area contributed by atoms with E-state index < -0.39 is 24.7 Å². The Kier molecular flexibility index (Phi) is 5.35. The van der Waals surface area contributed by atoms with E-state index in [1.165, 1.54) is 18.5 Å². The van der Waals surface area contributed by atoms with Gasteiger partial charge in [0.1, 0.15) is 6.54 Å². The second-order valence-electron chi connectivity index (χ2n) is 4.59. The number of carbonyl (C=O) groups is 1. The number of halogens is 3. The molecule has 0 aliphatic rings. The van der Waals surface area contributed by atoms with Gasteiger partial charge in [-0.2, -0.15) is 13.2 Å². The van der Waals surface area contributed by atoms with E-state index in [1.807, 2.05) is 6.92 Å². The molecule has 1 aromatic rings. The second-order valence-corrected chi connectivity index (χ2v) is 4.59. The van der Waals surface area contributed by atoms with Crippen molar-refractivity contribution in [3.8, 4) is 0 Å². The quantitative estimate of drug-likeness (QED) is 0.906. The minimum Gasteiger partial charge on any atom is -0.383 e. The molecule has 1 aromatic heterocycles. The van der Waals surface area contributed by atoms with E-state index in [4.69, 9.17) is 0 Å². The fourth-order valence-electron chi connectivity index (χ4n) is 1.75. The molecule has 0 saturated heterocycles. The van der Waals surface area contributed by atoms with Crippen LogP contribution in [-0.4, -0.2) is 41.1 Å². The summed E-state index contributed by atoms with van der Waals surface area (Å²) in [5, 5.41) is 2.92. The zero-order chi connectivity index (χ0) is 15.3. The van der Waals surface area contributed by atoms with E-state index in [0.29, 0.717) is 12.2 Å². The first-order chi connectivity index (χ1) is 9.26. The van der Waals surface area contributed by atoms with Crippen molar-refractivity contribution >= 4 is 11.6 Å². The zero-order valence-electron chi connectivity index (χ0n) is 11.7. The van der Waals surface area contributed by atoms with Gasteiger partial charge in [-0.1, -0.05) is 0 Å². The lowest BCUT2D eigenvalue weighted by atomic mass is 10.1. The fourth-order valence-corrected chi connectivity index (χ4v) is 1.75. The van der Waals surface area contributed by atoms with Gasteiger partial charge in [-0.25, -0.2) is 0 Å². The lowest BCUT2D eigenvalue weighted by Crippen LogP contribution is -2.43. The van der Waals surface area contributed by atoms with Crippen LogP contribution in [0.4, 0.5) is 18.9 Å². The Morgan fingerprint density at radius 1 is 1.45 bits per heavy atom. The van der Waals surface area contributed by atoms with Crippen LogP contribution in [0.25, 0.3) is 0 Å². The minimum atomic E-state index is -4.43. The molecule has 0 aliphatic carbocycles. The summed E-state index contributed by atoms with van der Waals surface area (Å²) >= 11 is 0. The van der Waals surface area contributed by atoms with E-state index >= 15 is 0 Å². The molecule has 112 valence electrons. The number of hydrogen-bond acceptors (Lipinski definition) is 3. The average molecular weight is 289 g/mol. The normalized spacial score (nSPS) is 11.6. The molecular formula is C13H18F3N3O. The minimum absolute atomic E-state index is 0.194. The Morgan fingerprint density at radius 2 is 2.10 bits per heavy atom. The van der Waals surface area contributed by atoms with Gasteiger partial charge >= 0.3 is 6.18 Å². The summed E-state index contributed by atoms with van der Waals surface area (Å²) in [4.78, 5) is 17.0. The molecule has 0 aliphatic heterocycles. The van der Waals surface area contributed by atoms with Gasteiger partial charge in [0, 0.05) is 18.8 Å². The molecule has 7 heteroatoms. The maximum absolute atomic E-state index is 12.6. The number of rotatable bonds is 5. The molecule has 1 heterocycles. The summed E-state index contributed by atoms with van der Waals surface area (Å²) in [6.07, 6.45) is -1.60. The number of nitrogens with one attached hydrogen (secondary N) is 1. The largest absolute Gasteiger partial charge is 0.406 e. The lowest BCUT2D eigenvalue weighted by Gasteiger charge is -2.28. The second kappa shape index (κ2) is 6.58. The van der Waals surface area contributed by atoms with E-state index in [-0.39, 0.29) is 5.56 Å². The Hall–Kier alpha value is -1.79. The maximum atomic E-state index is 12.6. The van der Waals surface area contributed by atoms with Crippen LogP contribution in [0.1, 0.15) is 31.1 Å². The van der Waals surface area contributed by atoms with Crippen molar-refractivity contribution in [3.05, 3.63) is 24.0 Å². The van der Waals surface area contributed by atoms with Gasteiger partial charge in [-0.3, -0.25) is 9.78 Å². The summed E-state index contributed by atoms with van der Waals surface area (Å²) in [5.41, 5.74) is 0.632. The molecule has 0 atom stereocenters. The zero-order valence-corrected chi connectivity index (χ0v) is 11.7. The Labute approximate surface area is 116 Å². The van der Waals surface area contributed by atoms with Crippen LogP contribution >= 0.6 is 0 Å². The third-order valence-electron chi connectivity index (χ3n) is 2.65. The monoisotopic (exact) mass is 289 g/mol. The molecule has 20 heavy (non-hydrogen) atoms. The highest BCUT2D eigenvalue weighted by Gasteiger charge is 2.35. The van der Waals surface area contributed by atoms with Crippen LogP contribution in [0.3, 0.4) is 0 Å². The number of anilines is 1. The highest BCUT2D eigenvalue weighted by atomic mass is 19.4. The lowest BCUT2D eigenvalue weighted by molar-refractivity contribution is -0.143.